The molecule has 0 heterocycles. The second kappa shape index (κ2) is 6.12. The molecule has 0 radical (unpaired) electrons. The Hall–Kier alpha value is -1.45. The largest absolute Gasteiger partial charge is 0.323 e. The second-order valence-electron chi connectivity index (χ2n) is 6.65. The number of allylic oxidation sites excluding steroid dienone is 2. The lowest BCUT2D eigenvalue weighted by molar-refractivity contribution is -0.133. The van der Waals surface area contributed by atoms with Crippen molar-refractivity contribution in [1.82, 2.24) is 5.32 Å². The van der Waals surface area contributed by atoms with Gasteiger partial charge in [-0.25, -0.2) is 0 Å². The van der Waals surface area contributed by atoms with E-state index in [9.17, 15) is 14.4 Å². The highest BCUT2D eigenvalue weighted by Gasteiger charge is 2.40. The van der Waals surface area contributed by atoms with E-state index in [2.05, 4.69) is 5.32 Å². The Bertz CT molecular complexity index is 488. The molecule has 1 amide bonds. The molecule has 3 aliphatic rings. The number of nitrogens with one attached hydrogen (secondary N) is 1. The molecule has 0 spiro atoms. The lowest BCUT2D eigenvalue weighted by Crippen LogP contribution is -2.43. The smallest absolute Gasteiger partial charge is 0.227 e. The summed E-state index contributed by atoms with van der Waals surface area (Å²) in [4.78, 5) is 36.9. The predicted octanol–water partition coefficient (Wildman–Crippen LogP) is 2.53. The highest BCUT2D eigenvalue weighted by Crippen LogP contribution is 2.36. The number of rotatable bonds is 2. The van der Waals surface area contributed by atoms with E-state index in [-0.39, 0.29) is 40.9 Å². The topological polar surface area (TPSA) is 63.2 Å². The van der Waals surface area contributed by atoms with E-state index in [1.807, 2.05) is 0 Å². The van der Waals surface area contributed by atoms with Crippen LogP contribution >= 0.6 is 0 Å². The summed E-state index contributed by atoms with van der Waals surface area (Å²) >= 11 is 0. The normalized spacial score (nSPS) is 30.6. The number of ketones is 2. The van der Waals surface area contributed by atoms with Gasteiger partial charge in [0.25, 0.3) is 0 Å². The zero-order valence-corrected chi connectivity index (χ0v) is 12.4. The van der Waals surface area contributed by atoms with Gasteiger partial charge in [0.2, 0.25) is 5.91 Å². The molecule has 0 aliphatic heterocycles. The number of amides is 1. The van der Waals surface area contributed by atoms with Gasteiger partial charge in [-0.05, 0) is 25.7 Å². The maximum Gasteiger partial charge on any atom is 0.227 e. The predicted molar refractivity (Wildman–Crippen MR) is 78.3 cm³/mol. The molecule has 4 nitrogen and oxygen atoms in total. The highest BCUT2D eigenvalue weighted by molar-refractivity contribution is 6.12. The van der Waals surface area contributed by atoms with E-state index in [0.717, 1.165) is 51.4 Å². The number of carbonyl (C=O) groups excluding carboxylic acids is 3. The Labute approximate surface area is 125 Å². The molecular formula is C17H23NO3. The number of fused-ring (bicyclic) bond motifs is 1. The lowest BCUT2D eigenvalue weighted by Gasteiger charge is -2.33. The molecule has 2 unspecified atom stereocenters. The average molecular weight is 289 g/mol. The fourth-order valence-electron chi connectivity index (χ4n) is 4.00. The first-order valence-corrected chi connectivity index (χ1v) is 8.27. The van der Waals surface area contributed by atoms with E-state index < -0.39 is 0 Å². The van der Waals surface area contributed by atoms with Crippen molar-refractivity contribution in [1.29, 1.82) is 0 Å². The van der Waals surface area contributed by atoms with Crippen molar-refractivity contribution in [3.8, 4) is 0 Å². The molecule has 3 rings (SSSR count). The molecule has 21 heavy (non-hydrogen) atoms. The van der Waals surface area contributed by atoms with E-state index >= 15 is 0 Å². The zero-order valence-electron chi connectivity index (χ0n) is 12.4. The third-order valence-electron chi connectivity index (χ3n) is 5.25. The maximum absolute atomic E-state index is 12.5. The van der Waals surface area contributed by atoms with Gasteiger partial charge < -0.3 is 5.32 Å². The van der Waals surface area contributed by atoms with E-state index in [0.29, 0.717) is 0 Å². The van der Waals surface area contributed by atoms with Crippen LogP contribution in [0.5, 0.6) is 0 Å². The van der Waals surface area contributed by atoms with Crippen LogP contribution in [0.25, 0.3) is 0 Å². The SMILES string of the molecule is O=C(NC1=CC(=O)C2CCCCC2C1=O)C1CCCCC1. The van der Waals surface area contributed by atoms with Gasteiger partial charge in [0, 0.05) is 23.8 Å². The Balaban J connectivity index is 1.70. The molecule has 2 atom stereocenters. The third kappa shape index (κ3) is 2.94. The standard InChI is InChI=1S/C17H23NO3/c19-15-10-14(16(20)13-9-5-4-8-12(13)15)18-17(21)11-6-2-1-3-7-11/h10-13H,1-9H2,(H,18,21). The first kappa shape index (κ1) is 14.5. The van der Waals surface area contributed by atoms with Gasteiger partial charge in [0.1, 0.15) is 0 Å². The Morgan fingerprint density at radius 1 is 0.905 bits per heavy atom. The number of Topliss-reactive ketones (excluding diaryl/α,β-unsaturated/α-hetero) is 1. The van der Waals surface area contributed by atoms with Crippen LogP contribution in [-0.2, 0) is 14.4 Å². The van der Waals surface area contributed by atoms with Crippen molar-refractivity contribution in [2.45, 2.75) is 57.8 Å². The van der Waals surface area contributed by atoms with Gasteiger partial charge in [0.05, 0.1) is 5.70 Å². The molecule has 2 fully saturated rings. The molecule has 4 heteroatoms. The Kier molecular flexibility index (Phi) is 4.22. The number of carbonyl (C=O) groups is 3. The second-order valence-corrected chi connectivity index (χ2v) is 6.65. The van der Waals surface area contributed by atoms with Gasteiger partial charge in [-0.15, -0.1) is 0 Å². The van der Waals surface area contributed by atoms with Crippen molar-refractivity contribution >= 4 is 17.5 Å². The first-order valence-electron chi connectivity index (χ1n) is 8.27. The molecule has 0 saturated heterocycles. The molecule has 3 aliphatic carbocycles. The molecule has 0 aromatic rings. The minimum Gasteiger partial charge on any atom is -0.323 e. The summed E-state index contributed by atoms with van der Waals surface area (Å²) in [5, 5.41) is 2.75. The van der Waals surface area contributed by atoms with E-state index in [1.54, 1.807) is 0 Å². The number of hydrogen-bond acceptors (Lipinski definition) is 3. The molecular weight excluding hydrogens is 266 g/mol. The molecule has 114 valence electrons. The minimum absolute atomic E-state index is 0.00614. The summed E-state index contributed by atoms with van der Waals surface area (Å²) < 4.78 is 0. The summed E-state index contributed by atoms with van der Waals surface area (Å²) in [6.45, 7) is 0. The summed E-state index contributed by atoms with van der Waals surface area (Å²) in [6.07, 6.45) is 10.1. The zero-order chi connectivity index (χ0) is 14.8. The van der Waals surface area contributed by atoms with Crippen LogP contribution in [0.2, 0.25) is 0 Å². The summed E-state index contributed by atoms with van der Waals surface area (Å²) in [5.74, 6) is -0.399. The van der Waals surface area contributed by atoms with Gasteiger partial charge in [-0.2, -0.15) is 0 Å². The van der Waals surface area contributed by atoms with Crippen LogP contribution in [0.15, 0.2) is 11.8 Å². The maximum atomic E-state index is 12.5. The lowest BCUT2D eigenvalue weighted by atomic mass is 9.71. The van der Waals surface area contributed by atoms with Crippen LogP contribution in [0.4, 0.5) is 0 Å². The van der Waals surface area contributed by atoms with E-state index in [1.165, 1.54) is 12.5 Å². The van der Waals surface area contributed by atoms with Crippen molar-refractivity contribution in [3.05, 3.63) is 11.8 Å². The molecule has 0 aromatic heterocycles. The van der Waals surface area contributed by atoms with Gasteiger partial charge >= 0.3 is 0 Å². The van der Waals surface area contributed by atoms with Crippen LogP contribution in [0.1, 0.15) is 57.8 Å². The first-order chi connectivity index (χ1) is 10.2. The molecule has 1 N–H and O–H groups in total. The third-order valence-corrected chi connectivity index (χ3v) is 5.25. The van der Waals surface area contributed by atoms with Crippen LogP contribution in [0.3, 0.4) is 0 Å². The Morgan fingerprint density at radius 3 is 2.24 bits per heavy atom. The number of hydrogen-bond donors (Lipinski definition) is 1. The van der Waals surface area contributed by atoms with Crippen LogP contribution in [0, 0.1) is 17.8 Å². The fourth-order valence-corrected chi connectivity index (χ4v) is 4.00. The fraction of sp³-hybridized carbons (Fsp3) is 0.706. The van der Waals surface area contributed by atoms with Crippen LogP contribution < -0.4 is 5.32 Å². The van der Waals surface area contributed by atoms with Crippen LogP contribution in [-0.4, -0.2) is 17.5 Å². The average Bonchev–Trinajstić information content (AvgIpc) is 2.53. The summed E-state index contributed by atoms with van der Waals surface area (Å²) in [5.41, 5.74) is 0.249. The highest BCUT2D eigenvalue weighted by atomic mass is 16.2. The minimum atomic E-state index is -0.196. The van der Waals surface area contributed by atoms with Crippen molar-refractivity contribution in [2.24, 2.45) is 17.8 Å². The molecule has 2 saturated carbocycles. The molecule has 0 aromatic carbocycles. The summed E-state index contributed by atoms with van der Waals surface area (Å²) in [6, 6.07) is 0. The monoisotopic (exact) mass is 289 g/mol. The van der Waals surface area contributed by atoms with E-state index in [4.69, 9.17) is 0 Å². The van der Waals surface area contributed by atoms with Gasteiger partial charge in [-0.3, -0.25) is 14.4 Å². The van der Waals surface area contributed by atoms with Gasteiger partial charge in [0.15, 0.2) is 11.6 Å². The van der Waals surface area contributed by atoms with Crippen molar-refractivity contribution in [3.63, 3.8) is 0 Å². The van der Waals surface area contributed by atoms with Crippen molar-refractivity contribution < 1.29 is 14.4 Å². The summed E-state index contributed by atoms with van der Waals surface area (Å²) in [7, 11) is 0. The van der Waals surface area contributed by atoms with Crippen molar-refractivity contribution in [2.75, 3.05) is 0 Å². The molecule has 0 bridgehead atoms. The van der Waals surface area contributed by atoms with Gasteiger partial charge in [-0.1, -0.05) is 32.1 Å². The quantitative estimate of drug-likeness (QED) is 0.849. The Morgan fingerprint density at radius 2 is 1.52 bits per heavy atom.